The van der Waals surface area contributed by atoms with Gasteiger partial charge in [0, 0.05) is 18.2 Å². The number of piperidine rings is 1. The number of hydrogen-bond donors (Lipinski definition) is 0. The molecule has 1 aliphatic rings. The third-order valence-electron chi connectivity index (χ3n) is 3.40. The Bertz CT molecular complexity index is 490. The van der Waals surface area contributed by atoms with Crippen LogP contribution in [-0.4, -0.2) is 44.2 Å². The first-order chi connectivity index (χ1) is 9.69. The van der Waals surface area contributed by atoms with E-state index in [-0.39, 0.29) is 24.5 Å². The van der Waals surface area contributed by atoms with Crippen LogP contribution in [0.4, 0.5) is 0 Å². The average Bonchev–Trinajstić information content (AvgIpc) is 2.45. The van der Waals surface area contributed by atoms with Crippen LogP contribution < -0.4 is 4.74 Å². The van der Waals surface area contributed by atoms with Crippen LogP contribution in [0, 0.1) is 0 Å². The minimum atomic E-state index is -0.295. The molecule has 1 aromatic carbocycles. The van der Waals surface area contributed by atoms with Gasteiger partial charge in [-0.3, -0.25) is 0 Å². The van der Waals surface area contributed by atoms with E-state index < -0.39 is 0 Å². The van der Waals surface area contributed by atoms with Crippen molar-refractivity contribution in [2.45, 2.75) is 18.9 Å². The molecule has 21 heavy (non-hydrogen) atoms. The lowest BCUT2D eigenvalue weighted by atomic mass is 10.1. The van der Waals surface area contributed by atoms with Crippen molar-refractivity contribution >= 4 is 24.5 Å². The number of ether oxygens (including phenoxy) is 2. The highest BCUT2D eigenvalue weighted by molar-refractivity contribution is 5.87. The van der Waals surface area contributed by atoms with E-state index in [0.29, 0.717) is 0 Å². The lowest BCUT2D eigenvalue weighted by Gasteiger charge is -2.28. The quantitative estimate of drug-likeness (QED) is 0.633. The Labute approximate surface area is 132 Å². The van der Waals surface area contributed by atoms with E-state index in [2.05, 4.69) is 4.90 Å². The minimum absolute atomic E-state index is 0. The van der Waals surface area contributed by atoms with Crippen LogP contribution >= 0.6 is 12.4 Å². The number of para-hydroxylation sites is 1. The van der Waals surface area contributed by atoms with Gasteiger partial charge in [-0.15, -0.1) is 12.4 Å². The van der Waals surface area contributed by atoms with E-state index in [4.69, 9.17) is 9.47 Å². The first-order valence-corrected chi connectivity index (χ1v) is 6.89. The molecule has 1 heterocycles. The fraction of sp³-hybridized carbons (Fsp3) is 0.438. The summed E-state index contributed by atoms with van der Waals surface area (Å²) in [7, 11) is 3.66. The molecule has 1 aliphatic heterocycles. The lowest BCUT2D eigenvalue weighted by molar-refractivity contribution is -0.145. The number of rotatable bonds is 4. The Morgan fingerprint density at radius 1 is 1.38 bits per heavy atom. The summed E-state index contributed by atoms with van der Waals surface area (Å²) in [6, 6.07) is 7.56. The second-order valence-corrected chi connectivity index (χ2v) is 5.04. The molecule has 0 bridgehead atoms. The maximum Gasteiger partial charge on any atom is 0.331 e. The summed E-state index contributed by atoms with van der Waals surface area (Å²) in [5, 5.41) is 0. The van der Waals surface area contributed by atoms with E-state index in [1.807, 2.05) is 31.3 Å². The van der Waals surface area contributed by atoms with E-state index >= 15 is 0 Å². The smallest absolute Gasteiger partial charge is 0.331 e. The van der Waals surface area contributed by atoms with Crippen LogP contribution in [0.2, 0.25) is 0 Å². The summed E-state index contributed by atoms with van der Waals surface area (Å²) in [4.78, 5) is 14.0. The molecule has 116 valence electrons. The van der Waals surface area contributed by atoms with Gasteiger partial charge in [-0.25, -0.2) is 4.79 Å². The molecule has 0 saturated carbocycles. The highest BCUT2D eigenvalue weighted by atomic mass is 35.5. The molecule has 5 heteroatoms. The molecule has 0 aromatic heterocycles. The zero-order chi connectivity index (χ0) is 14.4. The summed E-state index contributed by atoms with van der Waals surface area (Å²) in [6.07, 6.45) is 5.22. The molecule has 1 aromatic rings. The number of halogens is 1. The van der Waals surface area contributed by atoms with Crippen molar-refractivity contribution in [1.29, 1.82) is 0 Å². The van der Waals surface area contributed by atoms with Gasteiger partial charge >= 0.3 is 5.97 Å². The number of benzene rings is 1. The summed E-state index contributed by atoms with van der Waals surface area (Å²) in [6.45, 7) is 1.89. The van der Waals surface area contributed by atoms with Gasteiger partial charge < -0.3 is 14.4 Å². The Balaban J connectivity index is 0.00000220. The number of likely N-dealkylation sites (tertiary alicyclic amines) is 1. The van der Waals surface area contributed by atoms with Crippen molar-refractivity contribution in [1.82, 2.24) is 4.90 Å². The fourth-order valence-corrected chi connectivity index (χ4v) is 2.38. The van der Waals surface area contributed by atoms with E-state index in [1.54, 1.807) is 13.2 Å². The number of carbonyl (C=O) groups excluding carboxylic acids is 1. The lowest BCUT2D eigenvalue weighted by Crippen LogP contribution is -2.37. The third-order valence-corrected chi connectivity index (χ3v) is 3.40. The number of hydrogen-bond acceptors (Lipinski definition) is 4. The molecule has 1 atom stereocenters. The molecular formula is C16H22ClNO3. The molecule has 0 N–H and O–H groups in total. The molecular weight excluding hydrogens is 290 g/mol. The Kier molecular flexibility index (Phi) is 7.26. The zero-order valence-corrected chi connectivity index (χ0v) is 13.3. The van der Waals surface area contributed by atoms with Crippen LogP contribution in [0.25, 0.3) is 6.08 Å². The van der Waals surface area contributed by atoms with E-state index in [1.165, 1.54) is 6.08 Å². The topological polar surface area (TPSA) is 38.8 Å². The number of nitrogens with zero attached hydrogens (tertiary/aromatic N) is 1. The van der Waals surface area contributed by atoms with Crippen molar-refractivity contribution in [3.05, 3.63) is 35.9 Å². The van der Waals surface area contributed by atoms with Gasteiger partial charge in [-0.2, -0.15) is 0 Å². The number of likely N-dealkylation sites (N-methyl/N-ethyl adjacent to an activating group) is 1. The normalized spacial score (nSPS) is 19.0. The zero-order valence-electron chi connectivity index (χ0n) is 12.5. The van der Waals surface area contributed by atoms with Crippen LogP contribution in [0.15, 0.2) is 30.3 Å². The van der Waals surface area contributed by atoms with Crippen molar-refractivity contribution in [3.63, 3.8) is 0 Å². The fourth-order valence-electron chi connectivity index (χ4n) is 2.38. The second kappa shape index (κ2) is 8.70. The Hall–Kier alpha value is -1.52. The molecule has 2 rings (SSSR count). The molecule has 0 spiro atoms. The van der Waals surface area contributed by atoms with E-state index in [0.717, 1.165) is 37.2 Å². The second-order valence-electron chi connectivity index (χ2n) is 5.04. The third kappa shape index (κ3) is 5.40. The molecule has 1 fully saturated rings. The highest BCUT2D eigenvalue weighted by Crippen LogP contribution is 2.19. The molecule has 1 saturated heterocycles. The standard InChI is InChI=1S/C16H21NO3.ClH/c1-17-11-5-7-14(12-17)20-16(18)10-9-13-6-3-4-8-15(13)19-2;/h3-4,6,8-10,14H,5,7,11-12H2,1-2H3;1H. The maximum atomic E-state index is 11.8. The van der Waals surface area contributed by atoms with Crippen LogP contribution in [-0.2, 0) is 9.53 Å². The van der Waals surface area contributed by atoms with Crippen LogP contribution in [0.5, 0.6) is 5.75 Å². The van der Waals surface area contributed by atoms with Gasteiger partial charge in [0.2, 0.25) is 0 Å². The number of carbonyl (C=O) groups is 1. The molecule has 4 nitrogen and oxygen atoms in total. The summed E-state index contributed by atoms with van der Waals surface area (Å²) < 4.78 is 10.7. The minimum Gasteiger partial charge on any atom is -0.496 e. The summed E-state index contributed by atoms with van der Waals surface area (Å²) >= 11 is 0. The first-order valence-electron chi connectivity index (χ1n) is 6.89. The molecule has 1 unspecified atom stereocenters. The van der Waals surface area contributed by atoms with Crippen molar-refractivity contribution in [3.8, 4) is 5.75 Å². The summed E-state index contributed by atoms with van der Waals surface area (Å²) in [5.41, 5.74) is 0.868. The number of methoxy groups -OCH3 is 1. The Morgan fingerprint density at radius 2 is 2.14 bits per heavy atom. The van der Waals surface area contributed by atoms with Gasteiger partial charge in [0.05, 0.1) is 7.11 Å². The molecule has 0 aliphatic carbocycles. The first kappa shape index (κ1) is 17.5. The maximum absolute atomic E-state index is 11.8. The average molecular weight is 312 g/mol. The van der Waals surface area contributed by atoms with Gasteiger partial charge in [0.15, 0.2) is 0 Å². The highest BCUT2D eigenvalue weighted by Gasteiger charge is 2.19. The largest absolute Gasteiger partial charge is 0.496 e. The molecule has 0 radical (unpaired) electrons. The molecule has 0 amide bonds. The monoisotopic (exact) mass is 311 g/mol. The van der Waals surface area contributed by atoms with Crippen molar-refractivity contribution in [2.75, 3.05) is 27.2 Å². The summed E-state index contributed by atoms with van der Waals surface area (Å²) in [5.74, 6) is 0.449. The Morgan fingerprint density at radius 3 is 2.86 bits per heavy atom. The van der Waals surface area contributed by atoms with Crippen LogP contribution in [0.3, 0.4) is 0 Å². The predicted octanol–water partition coefficient (Wildman–Crippen LogP) is 2.77. The van der Waals surface area contributed by atoms with Gasteiger partial charge in [-0.05, 0) is 38.6 Å². The van der Waals surface area contributed by atoms with Crippen molar-refractivity contribution < 1.29 is 14.3 Å². The van der Waals surface area contributed by atoms with Crippen molar-refractivity contribution in [2.24, 2.45) is 0 Å². The van der Waals surface area contributed by atoms with Crippen LogP contribution in [0.1, 0.15) is 18.4 Å². The van der Waals surface area contributed by atoms with Gasteiger partial charge in [0.1, 0.15) is 11.9 Å². The van der Waals surface area contributed by atoms with Gasteiger partial charge in [-0.1, -0.05) is 18.2 Å². The SMILES string of the molecule is COc1ccccc1C=CC(=O)OC1CCCN(C)C1.Cl. The van der Waals surface area contributed by atoms with Gasteiger partial charge in [0.25, 0.3) is 0 Å². The number of esters is 1. The van der Waals surface area contributed by atoms with E-state index in [9.17, 15) is 4.79 Å². The predicted molar refractivity (Wildman–Crippen MR) is 85.9 cm³/mol.